The first-order valence-electron chi connectivity index (χ1n) is 5.29. The number of pyridine rings is 1. The molecule has 2 rings (SSSR count). The molecular weight excluding hydrogens is 211 g/mol. The van der Waals surface area contributed by atoms with E-state index in [0.29, 0.717) is 12.5 Å². The van der Waals surface area contributed by atoms with Crippen LogP contribution < -0.4 is 5.32 Å². The molecule has 0 spiro atoms. The van der Waals surface area contributed by atoms with Gasteiger partial charge >= 0.3 is 5.97 Å². The SMILES string of the molecule is O=C(O)c1cc(F)cnc1NCC1CCC1. The second-order valence-electron chi connectivity index (χ2n) is 4.03. The van der Waals surface area contributed by atoms with Crippen LogP contribution in [0.25, 0.3) is 0 Å². The zero-order valence-electron chi connectivity index (χ0n) is 8.74. The number of rotatable bonds is 4. The van der Waals surface area contributed by atoms with Crippen molar-refractivity contribution in [2.45, 2.75) is 19.3 Å². The first-order valence-corrected chi connectivity index (χ1v) is 5.29. The molecule has 0 bridgehead atoms. The summed E-state index contributed by atoms with van der Waals surface area (Å²) in [4.78, 5) is 14.6. The van der Waals surface area contributed by atoms with Gasteiger partial charge in [-0.15, -0.1) is 0 Å². The Morgan fingerprint density at radius 2 is 2.38 bits per heavy atom. The van der Waals surface area contributed by atoms with E-state index in [0.717, 1.165) is 25.1 Å². The standard InChI is InChI=1S/C11H13FN2O2/c12-8-4-9(11(15)16)10(14-6-8)13-5-7-2-1-3-7/h4,6-7H,1-3,5H2,(H,13,14)(H,15,16). The molecule has 1 aromatic rings. The maximum Gasteiger partial charge on any atom is 0.339 e. The molecule has 0 saturated heterocycles. The smallest absolute Gasteiger partial charge is 0.339 e. The van der Waals surface area contributed by atoms with Crippen LogP contribution in [0, 0.1) is 11.7 Å². The highest BCUT2D eigenvalue weighted by atomic mass is 19.1. The maximum absolute atomic E-state index is 12.8. The number of hydrogen-bond acceptors (Lipinski definition) is 3. The molecule has 0 radical (unpaired) electrons. The van der Waals surface area contributed by atoms with Crippen LogP contribution in [0.2, 0.25) is 0 Å². The van der Waals surface area contributed by atoms with Crippen LogP contribution in [0.5, 0.6) is 0 Å². The highest BCUT2D eigenvalue weighted by molar-refractivity contribution is 5.93. The minimum absolute atomic E-state index is 0.112. The summed E-state index contributed by atoms with van der Waals surface area (Å²) >= 11 is 0. The molecule has 4 nitrogen and oxygen atoms in total. The van der Waals surface area contributed by atoms with Crippen LogP contribution in [-0.2, 0) is 0 Å². The average molecular weight is 224 g/mol. The highest BCUT2D eigenvalue weighted by Crippen LogP contribution is 2.26. The molecule has 1 aromatic heterocycles. The number of aromatic nitrogens is 1. The normalized spacial score (nSPS) is 15.6. The minimum Gasteiger partial charge on any atom is -0.478 e. The van der Waals surface area contributed by atoms with Gasteiger partial charge in [-0.1, -0.05) is 6.42 Å². The quantitative estimate of drug-likeness (QED) is 0.822. The van der Waals surface area contributed by atoms with E-state index in [-0.39, 0.29) is 11.4 Å². The number of carbonyl (C=O) groups is 1. The predicted octanol–water partition coefficient (Wildman–Crippen LogP) is 2.13. The van der Waals surface area contributed by atoms with E-state index in [4.69, 9.17) is 5.11 Å². The Labute approximate surface area is 92.5 Å². The second-order valence-corrected chi connectivity index (χ2v) is 4.03. The molecule has 5 heteroatoms. The van der Waals surface area contributed by atoms with Gasteiger partial charge in [0.15, 0.2) is 0 Å². The molecule has 86 valence electrons. The van der Waals surface area contributed by atoms with Crippen molar-refractivity contribution in [1.82, 2.24) is 4.98 Å². The van der Waals surface area contributed by atoms with E-state index in [1.54, 1.807) is 0 Å². The first-order chi connectivity index (χ1) is 7.66. The summed E-state index contributed by atoms with van der Waals surface area (Å²) in [6.45, 7) is 0.707. The largest absolute Gasteiger partial charge is 0.478 e. The van der Waals surface area contributed by atoms with E-state index in [9.17, 15) is 9.18 Å². The number of anilines is 1. The summed E-state index contributed by atoms with van der Waals surface area (Å²) in [5, 5.41) is 11.8. The maximum atomic E-state index is 12.8. The van der Waals surface area contributed by atoms with Gasteiger partial charge in [0, 0.05) is 6.54 Å². The van der Waals surface area contributed by atoms with E-state index in [2.05, 4.69) is 10.3 Å². The molecule has 16 heavy (non-hydrogen) atoms. The van der Waals surface area contributed by atoms with Gasteiger partial charge < -0.3 is 10.4 Å². The van der Waals surface area contributed by atoms with Gasteiger partial charge in [0.25, 0.3) is 0 Å². The van der Waals surface area contributed by atoms with Crippen LogP contribution in [0.1, 0.15) is 29.6 Å². The van der Waals surface area contributed by atoms with Crippen molar-refractivity contribution in [3.05, 3.63) is 23.6 Å². The second kappa shape index (κ2) is 4.47. The fraction of sp³-hybridized carbons (Fsp3) is 0.455. The molecule has 1 aliphatic rings. The van der Waals surface area contributed by atoms with Gasteiger partial charge in [-0.3, -0.25) is 0 Å². The molecule has 1 fully saturated rings. The molecule has 2 N–H and O–H groups in total. The number of carboxylic acid groups (broad SMARTS) is 1. The fourth-order valence-electron chi connectivity index (χ4n) is 1.68. The molecule has 0 unspecified atom stereocenters. The van der Waals surface area contributed by atoms with Crippen molar-refractivity contribution >= 4 is 11.8 Å². The highest BCUT2D eigenvalue weighted by Gasteiger charge is 2.19. The molecule has 0 atom stereocenters. The van der Waals surface area contributed by atoms with Crippen LogP contribution in [0.4, 0.5) is 10.2 Å². The van der Waals surface area contributed by atoms with E-state index >= 15 is 0 Å². The van der Waals surface area contributed by atoms with E-state index in [1.807, 2.05) is 0 Å². The third-order valence-electron chi connectivity index (χ3n) is 2.87. The lowest BCUT2D eigenvalue weighted by Gasteiger charge is -2.25. The Kier molecular flexibility index (Phi) is 3.03. The van der Waals surface area contributed by atoms with Crippen molar-refractivity contribution in [2.24, 2.45) is 5.92 Å². The Bertz CT molecular complexity index is 405. The van der Waals surface area contributed by atoms with Gasteiger partial charge in [0.2, 0.25) is 0 Å². The van der Waals surface area contributed by atoms with Gasteiger partial charge in [-0.2, -0.15) is 0 Å². The van der Waals surface area contributed by atoms with Crippen LogP contribution in [0.15, 0.2) is 12.3 Å². The summed E-state index contributed by atoms with van der Waals surface area (Å²) in [6.07, 6.45) is 4.58. The molecule has 1 heterocycles. The molecule has 0 amide bonds. The molecular formula is C11H13FN2O2. The van der Waals surface area contributed by atoms with Gasteiger partial charge in [-0.25, -0.2) is 14.2 Å². The Hall–Kier alpha value is -1.65. The van der Waals surface area contributed by atoms with Gasteiger partial charge in [-0.05, 0) is 24.8 Å². The van der Waals surface area contributed by atoms with Crippen LogP contribution in [-0.4, -0.2) is 22.6 Å². The van der Waals surface area contributed by atoms with Crippen LogP contribution in [0.3, 0.4) is 0 Å². The molecule has 0 aliphatic heterocycles. The van der Waals surface area contributed by atoms with Gasteiger partial charge in [0.05, 0.1) is 6.20 Å². The number of halogens is 1. The Balaban J connectivity index is 2.08. The minimum atomic E-state index is -1.16. The van der Waals surface area contributed by atoms with Crippen molar-refractivity contribution in [3.63, 3.8) is 0 Å². The fourth-order valence-corrected chi connectivity index (χ4v) is 1.68. The summed E-state index contributed by atoms with van der Waals surface area (Å²) in [5.41, 5.74) is -0.112. The molecule has 1 aliphatic carbocycles. The van der Waals surface area contributed by atoms with Crippen molar-refractivity contribution in [1.29, 1.82) is 0 Å². The van der Waals surface area contributed by atoms with Crippen molar-refractivity contribution in [2.75, 3.05) is 11.9 Å². The Morgan fingerprint density at radius 3 is 2.94 bits per heavy atom. The number of aromatic carboxylic acids is 1. The summed E-state index contributed by atoms with van der Waals surface area (Å²) in [5.74, 6) is -0.955. The molecule has 1 saturated carbocycles. The Morgan fingerprint density at radius 1 is 1.62 bits per heavy atom. The number of nitrogens with one attached hydrogen (secondary N) is 1. The third kappa shape index (κ3) is 2.29. The average Bonchev–Trinajstić information content (AvgIpc) is 2.17. The zero-order chi connectivity index (χ0) is 11.5. The summed E-state index contributed by atoms with van der Waals surface area (Å²) in [6, 6.07) is 0.985. The molecule has 0 aromatic carbocycles. The number of nitrogens with zero attached hydrogens (tertiary/aromatic N) is 1. The van der Waals surface area contributed by atoms with E-state index < -0.39 is 11.8 Å². The summed E-state index contributed by atoms with van der Waals surface area (Å²) < 4.78 is 12.8. The first kappa shape index (κ1) is 10.9. The van der Waals surface area contributed by atoms with Crippen LogP contribution >= 0.6 is 0 Å². The number of carboxylic acids is 1. The lowest BCUT2D eigenvalue weighted by molar-refractivity contribution is 0.0697. The van der Waals surface area contributed by atoms with Gasteiger partial charge in [0.1, 0.15) is 17.2 Å². The van der Waals surface area contributed by atoms with Crippen molar-refractivity contribution in [3.8, 4) is 0 Å². The zero-order valence-corrected chi connectivity index (χ0v) is 8.74. The predicted molar refractivity (Wildman–Crippen MR) is 57.0 cm³/mol. The van der Waals surface area contributed by atoms with E-state index in [1.165, 1.54) is 6.42 Å². The number of hydrogen-bond donors (Lipinski definition) is 2. The topological polar surface area (TPSA) is 62.2 Å². The monoisotopic (exact) mass is 224 g/mol. The lowest BCUT2D eigenvalue weighted by Crippen LogP contribution is -2.22. The summed E-state index contributed by atoms with van der Waals surface area (Å²) in [7, 11) is 0. The third-order valence-corrected chi connectivity index (χ3v) is 2.87. The lowest BCUT2D eigenvalue weighted by atomic mass is 9.85. The van der Waals surface area contributed by atoms with Crippen molar-refractivity contribution < 1.29 is 14.3 Å².